The van der Waals surface area contributed by atoms with Gasteiger partial charge in [-0.2, -0.15) is 4.31 Å². The van der Waals surface area contributed by atoms with Crippen molar-refractivity contribution in [3.63, 3.8) is 0 Å². The zero-order valence-corrected chi connectivity index (χ0v) is 19.0. The lowest BCUT2D eigenvalue weighted by atomic mass is 10.0. The number of non-ortho nitro benzene ring substituents is 1. The fraction of sp³-hybridized carbons (Fsp3) is 0.409. The largest absolute Gasteiger partial charge is 0.465 e. The van der Waals surface area contributed by atoms with Gasteiger partial charge in [-0.05, 0) is 43.9 Å². The fourth-order valence-corrected chi connectivity index (χ4v) is 4.82. The minimum atomic E-state index is -4.15. The van der Waals surface area contributed by atoms with Crippen LogP contribution in [0, 0.1) is 23.0 Å². The van der Waals surface area contributed by atoms with Crippen LogP contribution in [0.2, 0.25) is 0 Å². The van der Waals surface area contributed by atoms with E-state index in [9.17, 15) is 23.3 Å². The van der Waals surface area contributed by atoms with Gasteiger partial charge in [0.25, 0.3) is 5.69 Å². The van der Waals surface area contributed by atoms with Crippen LogP contribution in [-0.4, -0.2) is 36.3 Å². The summed E-state index contributed by atoms with van der Waals surface area (Å²) in [5.74, 6) is -0.587. The number of hydrogen-bond donors (Lipinski definition) is 0. The number of nitro groups is 1. The molecule has 0 heterocycles. The van der Waals surface area contributed by atoms with Crippen LogP contribution in [0.25, 0.3) is 0 Å². The van der Waals surface area contributed by atoms with Crippen molar-refractivity contribution in [2.75, 3.05) is 6.61 Å². The molecule has 0 aliphatic carbocycles. The molecule has 0 bridgehead atoms. The van der Waals surface area contributed by atoms with Gasteiger partial charge in [0, 0.05) is 18.7 Å². The third-order valence-corrected chi connectivity index (χ3v) is 6.54. The molecule has 2 aromatic carbocycles. The summed E-state index contributed by atoms with van der Waals surface area (Å²) in [5, 5.41) is 10.9. The van der Waals surface area contributed by atoms with Crippen LogP contribution in [0.4, 0.5) is 5.69 Å². The molecule has 0 aliphatic heterocycles. The Morgan fingerprint density at radius 1 is 1.16 bits per heavy atom. The lowest BCUT2D eigenvalue weighted by Gasteiger charge is -2.30. The molecule has 8 nitrogen and oxygen atoms in total. The molecule has 9 heteroatoms. The molecule has 0 aliphatic rings. The Kier molecular flexibility index (Phi) is 8.29. The lowest BCUT2D eigenvalue weighted by Crippen LogP contribution is -2.46. The van der Waals surface area contributed by atoms with E-state index in [1.165, 1.54) is 12.1 Å². The SMILES string of the molecule is CCOC(=O)C(CC(C)C)N(Cc1cccc(C)c1)S(=O)(=O)c1ccc([N+](=O)[O-])cc1. The van der Waals surface area contributed by atoms with Gasteiger partial charge >= 0.3 is 5.97 Å². The van der Waals surface area contributed by atoms with Crippen LogP contribution in [0.3, 0.4) is 0 Å². The number of ether oxygens (including phenoxy) is 1. The summed E-state index contributed by atoms with van der Waals surface area (Å²) in [7, 11) is -4.15. The Labute approximate surface area is 183 Å². The van der Waals surface area contributed by atoms with Gasteiger partial charge in [-0.3, -0.25) is 14.9 Å². The maximum Gasteiger partial charge on any atom is 0.324 e. The highest BCUT2D eigenvalue weighted by Gasteiger charge is 2.37. The van der Waals surface area contributed by atoms with Gasteiger partial charge in [-0.25, -0.2) is 8.42 Å². The summed E-state index contributed by atoms with van der Waals surface area (Å²) in [6.45, 7) is 7.46. The number of nitrogens with zero attached hydrogens (tertiary/aromatic N) is 2. The van der Waals surface area contributed by atoms with Gasteiger partial charge in [0.15, 0.2) is 0 Å². The van der Waals surface area contributed by atoms with Crippen LogP contribution in [-0.2, 0) is 26.1 Å². The molecule has 0 radical (unpaired) electrons. The fourth-order valence-electron chi connectivity index (χ4n) is 3.24. The van der Waals surface area contributed by atoms with Gasteiger partial charge in [0.05, 0.1) is 16.4 Å². The molecule has 0 saturated heterocycles. The summed E-state index contributed by atoms with van der Waals surface area (Å²) in [6, 6.07) is 11.0. The van der Waals surface area contributed by atoms with E-state index in [0.717, 1.165) is 27.6 Å². The lowest BCUT2D eigenvalue weighted by molar-refractivity contribution is -0.384. The second-order valence-corrected chi connectivity index (χ2v) is 9.58. The summed E-state index contributed by atoms with van der Waals surface area (Å²) in [5.41, 5.74) is 1.47. The van der Waals surface area contributed by atoms with E-state index in [0.29, 0.717) is 0 Å². The zero-order chi connectivity index (χ0) is 23.2. The van der Waals surface area contributed by atoms with Crippen LogP contribution < -0.4 is 0 Å². The molecule has 1 atom stereocenters. The van der Waals surface area contributed by atoms with Crippen molar-refractivity contribution in [2.45, 2.75) is 51.6 Å². The summed E-state index contributed by atoms with van der Waals surface area (Å²) in [6.07, 6.45) is 0.275. The standard InChI is InChI=1S/C22H28N2O6S/c1-5-30-22(25)21(13-16(2)3)23(15-18-8-6-7-17(4)14-18)31(28,29)20-11-9-19(10-12-20)24(26)27/h6-12,14,16,21H,5,13,15H2,1-4H3. The first-order valence-electron chi connectivity index (χ1n) is 10.0. The number of sulfonamides is 1. The Morgan fingerprint density at radius 3 is 2.32 bits per heavy atom. The van der Waals surface area contributed by atoms with E-state index in [1.807, 2.05) is 39.0 Å². The zero-order valence-electron chi connectivity index (χ0n) is 18.1. The molecular formula is C22H28N2O6S. The molecule has 0 spiro atoms. The number of hydrogen-bond acceptors (Lipinski definition) is 6. The number of carbonyl (C=O) groups is 1. The van der Waals surface area contributed by atoms with Crippen LogP contribution in [0.15, 0.2) is 53.4 Å². The summed E-state index contributed by atoms with van der Waals surface area (Å²) in [4.78, 5) is 23.0. The predicted octanol–water partition coefficient (Wildman–Crippen LogP) is 4.07. The third-order valence-electron chi connectivity index (χ3n) is 4.68. The molecule has 31 heavy (non-hydrogen) atoms. The van der Waals surface area contributed by atoms with Crippen molar-refractivity contribution in [3.8, 4) is 0 Å². The number of rotatable bonds is 10. The smallest absolute Gasteiger partial charge is 0.324 e. The highest BCUT2D eigenvalue weighted by molar-refractivity contribution is 7.89. The van der Waals surface area contributed by atoms with Gasteiger partial charge in [0.2, 0.25) is 10.0 Å². The van der Waals surface area contributed by atoms with Gasteiger partial charge in [-0.1, -0.05) is 43.7 Å². The Bertz CT molecular complexity index is 1020. The number of carbonyl (C=O) groups excluding carboxylic acids is 1. The maximum absolute atomic E-state index is 13.6. The Hall–Kier alpha value is -2.78. The third kappa shape index (κ3) is 6.35. The average molecular weight is 449 g/mol. The van der Waals surface area contributed by atoms with Crippen LogP contribution in [0.5, 0.6) is 0 Å². The molecule has 0 amide bonds. The first-order valence-corrected chi connectivity index (χ1v) is 11.5. The molecular weight excluding hydrogens is 420 g/mol. The second kappa shape index (κ2) is 10.5. The van der Waals surface area contributed by atoms with Crippen molar-refractivity contribution < 1.29 is 22.9 Å². The van der Waals surface area contributed by atoms with Crippen molar-refractivity contribution in [1.82, 2.24) is 4.31 Å². The molecule has 0 N–H and O–H groups in total. The normalized spacial score (nSPS) is 12.7. The molecule has 2 aromatic rings. The van der Waals surface area contributed by atoms with Crippen LogP contribution in [0.1, 0.15) is 38.3 Å². The van der Waals surface area contributed by atoms with Gasteiger partial charge in [-0.15, -0.1) is 0 Å². The number of benzene rings is 2. The number of nitro benzene ring substituents is 1. The monoisotopic (exact) mass is 448 g/mol. The number of esters is 1. The molecule has 0 aromatic heterocycles. The first-order chi connectivity index (χ1) is 14.6. The molecule has 1 unspecified atom stereocenters. The van der Waals surface area contributed by atoms with Crippen molar-refractivity contribution in [1.29, 1.82) is 0 Å². The van der Waals surface area contributed by atoms with Gasteiger partial charge < -0.3 is 4.74 Å². The van der Waals surface area contributed by atoms with Crippen molar-refractivity contribution in [3.05, 3.63) is 69.8 Å². The minimum Gasteiger partial charge on any atom is -0.465 e. The topological polar surface area (TPSA) is 107 Å². The Morgan fingerprint density at radius 2 is 1.81 bits per heavy atom. The minimum absolute atomic E-state index is 0.0291. The van der Waals surface area contributed by atoms with E-state index in [2.05, 4.69) is 0 Å². The van der Waals surface area contributed by atoms with Crippen molar-refractivity contribution >= 4 is 21.7 Å². The quantitative estimate of drug-likeness (QED) is 0.308. The van der Waals surface area contributed by atoms with Crippen molar-refractivity contribution in [2.24, 2.45) is 5.92 Å². The predicted molar refractivity (Wildman–Crippen MR) is 117 cm³/mol. The van der Waals surface area contributed by atoms with E-state index >= 15 is 0 Å². The molecule has 0 saturated carbocycles. The van der Waals surface area contributed by atoms with Gasteiger partial charge in [0.1, 0.15) is 6.04 Å². The van der Waals surface area contributed by atoms with Crippen LogP contribution >= 0.6 is 0 Å². The summed E-state index contributed by atoms with van der Waals surface area (Å²) < 4.78 is 33.5. The average Bonchev–Trinajstić information content (AvgIpc) is 2.70. The highest BCUT2D eigenvalue weighted by atomic mass is 32.2. The number of aryl methyl sites for hydroxylation is 1. The van der Waals surface area contributed by atoms with E-state index in [1.54, 1.807) is 13.0 Å². The maximum atomic E-state index is 13.6. The molecule has 2 rings (SSSR count). The van der Waals surface area contributed by atoms with E-state index < -0.39 is 27.0 Å². The Balaban J connectivity index is 2.57. The molecule has 0 fully saturated rings. The van der Waals surface area contributed by atoms with E-state index in [4.69, 9.17) is 4.74 Å². The van der Waals surface area contributed by atoms with E-state index in [-0.39, 0.29) is 36.1 Å². The summed E-state index contributed by atoms with van der Waals surface area (Å²) >= 11 is 0. The molecule has 168 valence electrons. The second-order valence-electron chi connectivity index (χ2n) is 7.69. The first kappa shape index (κ1) is 24.5. The highest BCUT2D eigenvalue weighted by Crippen LogP contribution is 2.27.